The molecule has 2 aromatic rings. The van der Waals surface area contributed by atoms with E-state index in [0.717, 1.165) is 10.2 Å². The first-order valence-corrected chi connectivity index (χ1v) is 4.93. The second-order valence-electron chi connectivity index (χ2n) is 2.98. The van der Waals surface area contributed by atoms with Gasteiger partial charge in [-0.3, -0.25) is 10.1 Å². The van der Waals surface area contributed by atoms with Gasteiger partial charge in [-0.05, 0) is 6.07 Å². The topological polar surface area (TPSA) is 86.5 Å². The van der Waals surface area contributed by atoms with Gasteiger partial charge in [-0.25, -0.2) is 0 Å². The van der Waals surface area contributed by atoms with Crippen molar-refractivity contribution in [2.75, 3.05) is 0 Å². The van der Waals surface area contributed by atoms with Gasteiger partial charge in [0.1, 0.15) is 0 Å². The highest BCUT2D eigenvalue weighted by Gasteiger charge is 2.09. The number of non-ortho nitro benzene ring substituents is 1. The van der Waals surface area contributed by atoms with Crippen LogP contribution in [0.2, 0.25) is 0 Å². The second kappa shape index (κ2) is 3.35. The Balaban J connectivity index is 2.81. The maximum atomic E-state index is 10.6. The molecule has 7 heteroatoms. The number of nitro benzene ring substituents is 1. The molecule has 0 spiro atoms. The predicted molar refractivity (Wildman–Crippen MR) is 57.2 cm³/mol. The number of nitrogens with two attached hydrogens (primary N) is 1. The van der Waals surface area contributed by atoms with Gasteiger partial charge in [0.15, 0.2) is 0 Å². The number of hydrogen-bond acceptors (Lipinski definition) is 5. The molecule has 78 valence electrons. The molecule has 0 fully saturated rings. The molecule has 15 heavy (non-hydrogen) atoms. The van der Waals surface area contributed by atoms with Gasteiger partial charge >= 0.3 is 0 Å². The first-order chi connectivity index (χ1) is 7.13. The number of nitro groups is 1. The van der Waals surface area contributed by atoms with Crippen molar-refractivity contribution in [1.29, 1.82) is 0 Å². The first-order valence-electron chi connectivity index (χ1n) is 4.11. The van der Waals surface area contributed by atoms with E-state index in [1.165, 1.54) is 23.5 Å². The largest absolute Gasteiger partial charge is 0.320 e. The van der Waals surface area contributed by atoms with Crippen molar-refractivity contribution < 1.29 is 4.92 Å². The van der Waals surface area contributed by atoms with Gasteiger partial charge in [-0.2, -0.15) is 5.10 Å². The molecule has 1 aromatic heterocycles. The van der Waals surface area contributed by atoms with Crippen LogP contribution in [0.1, 0.15) is 0 Å². The van der Waals surface area contributed by atoms with Gasteiger partial charge in [0.05, 0.1) is 15.1 Å². The van der Waals surface area contributed by atoms with Crippen LogP contribution in [0.15, 0.2) is 23.3 Å². The quantitative estimate of drug-likeness (QED) is 0.444. The van der Waals surface area contributed by atoms with Crippen LogP contribution < -0.4 is 10.6 Å². The van der Waals surface area contributed by atoms with Crippen LogP contribution in [0.4, 0.5) is 5.69 Å². The molecule has 0 saturated carbocycles. The molecule has 0 radical (unpaired) electrons. The van der Waals surface area contributed by atoms with Crippen molar-refractivity contribution in [2.24, 2.45) is 18.0 Å². The van der Waals surface area contributed by atoms with Crippen molar-refractivity contribution in [3.63, 3.8) is 0 Å². The summed E-state index contributed by atoms with van der Waals surface area (Å²) in [4.78, 5) is 10.8. The van der Waals surface area contributed by atoms with E-state index in [4.69, 9.17) is 5.84 Å². The third-order valence-electron chi connectivity index (χ3n) is 2.11. The molecule has 0 unspecified atom stereocenters. The molecular weight excluding hydrogens is 216 g/mol. The van der Waals surface area contributed by atoms with Crippen molar-refractivity contribution in [1.82, 2.24) is 4.57 Å². The summed E-state index contributed by atoms with van der Waals surface area (Å²) in [5, 5.41) is 14.2. The van der Waals surface area contributed by atoms with Crippen molar-refractivity contribution >= 4 is 27.2 Å². The van der Waals surface area contributed by atoms with Crippen LogP contribution in [0.5, 0.6) is 0 Å². The van der Waals surface area contributed by atoms with Crippen LogP contribution in [0, 0.1) is 10.1 Å². The van der Waals surface area contributed by atoms with Crippen LogP contribution in [-0.2, 0) is 7.05 Å². The summed E-state index contributed by atoms with van der Waals surface area (Å²) in [6.07, 6.45) is 0. The lowest BCUT2D eigenvalue weighted by molar-refractivity contribution is -0.384. The summed E-state index contributed by atoms with van der Waals surface area (Å²) >= 11 is 1.39. The van der Waals surface area contributed by atoms with E-state index in [-0.39, 0.29) is 5.69 Å². The average molecular weight is 224 g/mol. The Morgan fingerprint density at radius 1 is 1.60 bits per heavy atom. The summed E-state index contributed by atoms with van der Waals surface area (Å²) in [6, 6.07) is 4.69. The van der Waals surface area contributed by atoms with E-state index >= 15 is 0 Å². The average Bonchev–Trinajstić information content (AvgIpc) is 2.55. The number of thiazole rings is 1. The Kier molecular flexibility index (Phi) is 2.16. The maximum Gasteiger partial charge on any atom is 0.271 e. The number of fused-ring (bicyclic) bond motifs is 1. The van der Waals surface area contributed by atoms with E-state index < -0.39 is 4.92 Å². The van der Waals surface area contributed by atoms with Gasteiger partial charge < -0.3 is 10.4 Å². The van der Waals surface area contributed by atoms with Crippen molar-refractivity contribution in [3.05, 3.63) is 33.1 Å². The number of rotatable bonds is 1. The lowest BCUT2D eigenvalue weighted by Crippen LogP contribution is -2.12. The van der Waals surface area contributed by atoms with E-state index in [0.29, 0.717) is 4.80 Å². The molecule has 6 nitrogen and oxygen atoms in total. The molecule has 2 rings (SSSR count). The minimum Gasteiger partial charge on any atom is -0.320 e. The number of benzene rings is 1. The smallest absolute Gasteiger partial charge is 0.271 e. The van der Waals surface area contributed by atoms with Crippen LogP contribution >= 0.6 is 11.3 Å². The lowest BCUT2D eigenvalue weighted by atomic mass is 10.3. The summed E-state index contributed by atoms with van der Waals surface area (Å²) in [5.41, 5.74) is 0.831. The summed E-state index contributed by atoms with van der Waals surface area (Å²) < 4.78 is 2.65. The molecule has 1 heterocycles. The standard InChI is InChI=1S/C8H8N4O2S/c1-11-6-4-5(12(13)14)2-3-7(6)15-8(11)10-9/h2-4H,9H2,1H3/b10-8-. The van der Waals surface area contributed by atoms with E-state index in [9.17, 15) is 10.1 Å². The Morgan fingerprint density at radius 3 is 2.93 bits per heavy atom. The van der Waals surface area contributed by atoms with E-state index in [2.05, 4.69) is 5.10 Å². The fourth-order valence-electron chi connectivity index (χ4n) is 1.35. The zero-order chi connectivity index (χ0) is 11.0. The monoisotopic (exact) mass is 224 g/mol. The highest BCUT2D eigenvalue weighted by Crippen LogP contribution is 2.21. The summed E-state index contributed by atoms with van der Waals surface area (Å²) in [7, 11) is 1.77. The Labute approximate surface area is 88.4 Å². The Bertz CT molecular complexity index is 598. The number of nitrogens with zero attached hydrogens (tertiary/aromatic N) is 3. The molecule has 0 aliphatic heterocycles. The number of aryl methyl sites for hydroxylation is 1. The van der Waals surface area contributed by atoms with Crippen LogP contribution in [0.3, 0.4) is 0 Å². The third-order valence-corrected chi connectivity index (χ3v) is 3.24. The summed E-state index contributed by atoms with van der Waals surface area (Å²) in [5.74, 6) is 5.19. The van der Waals surface area contributed by atoms with Crippen molar-refractivity contribution in [2.45, 2.75) is 0 Å². The molecule has 0 saturated heterocycles. The van der Waals surface area contributed by atoms with Crippen LogP contribution in [0.25, 0.3) is 10.2 Å². The lowest BCUT2D eigenvalue weighted by Gasteiger charge is -1.94. The zero-order valence-corrected chi connectivity index (χ0v) is 8.69. The Hall–Kier alpha value is -1.89. The molecule has 0 aliphatic carbocycles. The molecule has 1 aromatic carbocycles. The minimum absolute atomic E-state index is 0.0690. The maximum absolute atomic E-state index is 10.6. The molecule has 0 aliphatic rings. The molecule has 2 N–H and O–H groups in total. The third kappa shape index (κ3) is 1.46. The second-order valence-corrected chi connectivity index (χ2v) is 3.99. The van der Waals surface area contributed by atoms with Gasteiger partial charge in [0, 0.05) is 19.2 Å². The molecule has 0 bridgehead atoms. The highest BCUT2D eigenvalue weighted by molar-refractivity contribution is 7.16. The van der Waals surface area contributed by atoms with E-state index in [1.54, 1.807) is 17.7 Å². The van der Waals surface area contributed by atoms with Gasteiger partial charge in [0.2, 0.25) is 4.80 Å². The predicted octanol–water partition coefficient (Wildman–Crippen LogP) is 0.922. The fourth-order valence-corrected chi connectivity index (χ4v) is 2.27. The highest BCUT2D eigenvalue weighted by atomic mass is 32.1. The molecule has 0 amide bonds. The minimum atomic E-state index is -0.420. The number of hydrogen-bond donors (Lipinski definition) is 1. The van der Waals surface area contributed by atoms with Crippen LogP contribution in [-0.4, -0.2) is 9.49 Å². The van der Waals surface area contributed by atoms with Gasteiger partial charge in [0.25, 0.3) is 5.69 Å². The molecule has 0 atom stereocenters. The SMILES string of the molecule is Cn1/c(=N/N)sc2ccc([N+](=O)[O-])cc21. The van der Waals surface area contributed by atoms with E-state index in [1.807, 2.05) is 0 Å². The zero-order valence-electron chi connectivity index (χ0n) is 7.88. The summed E-state index contributed by atoms with van der Waals surface area (Å²) in [6.45, 7) is 0. The molecular formula is C8H8N4O2S. The van der Waals surface area contributed by atoms with Gasteiger partial charge in [-0.1, -0.05) is 11.3 Å². The number of aromatic nitrogens is 1. The first kappa shape index (κ1) is 9.66. The fraction of sp³-hybridized carbons (Fsp3) is 0.125. The Morgan fingerprint density at radius 2 is 2.33 bits per heavy atom. The van der Waals surface area contributed by atoms with Gasteiger partial charge in [-0.15, -0.1) is 0 Å². The van der Waals surface area contributed by atoms with Crippen molar-refractivity contribution in [3.8, 4) is 0 Å². The normalized spacial score (nSPS) is 12.2.